The van der Waals surface area contributed by atoms with Gasteiger partial charge in [0.2, 0.25) is 0 Å². The van der Waals surface area contributed by atoms with E-state index in [4.69, 9.17) is 11.6 Å². The van der Waals surface area contributed by atoms with Gasteiger partial charge in [-0.1, -0.05) is 17.7 Å². The normalized spacial score (nSPS) is 13.9. The van der Waals surface area contributed by atoms with Crippen LogP contribution in [0.5, 0.6) is 0 Å². The van der Waals surface area contributed by atoms with Crippen molar-refractivity contribution in [2.45, 2.75) is 13.3 Å². The number of hydrogen-bond acceptors (Lipinski definition) is 5. The Labute approximate surface area is 200 Å². The van der Waals surface area contributed by atoms with Crippen LogP contribution in [0, 0.1) is 6.92 Å². The van der Waals surface area contributed by atoms with Crippen LogP contribution in [0.4, 0.5) is 5.69 Å². The van der Waals surface area contributed by atoms with Crippen molar-refractivity contribution in [3.05, 3.63) is 71.3 Å². The minimum absolute atomic E-state index is 0. The van der Waals surface area contributed by atoms with E-state index in [1.54, 1.807) is 23.3 Å². The molecule has 3 heterocycles. The van der Waals surface area contributed by atoms with Crippen LogP contribution in [0.1, 0.15) is 22.5 Å². The zero-order chi connectivity index (χ0) is 20.2. The van der Waals surface area contributed by atoms with Crippen LogP contribution < -0.4 is 4.90 Å². The molecule has 0 spiro atoms. The summed E-state index contributed by atoms with van der Waals surface area (Å²) in [6.07, 6.45) is 5.62. The third kappa shape index (κ3) is 5.98. The third-order valence-electron chi connectivity index (χ3n) is 5.42. The van der Waals surface area contributed by atoms with Crippen LogP contribution in [0.15, 0.2) is 55.0 Å². The van der Waals surface area contributed by atoms with Crippen molar-refractivity contribution in [3.63, 3.8) is 0 Å². The van der Waals surface area contributed by atoms with Crippen molar-refractivity contribution in [1.29, 1.82) is 0 Å². The van der Waals surface area contributed by atoms with Crippen LogP contribution in [0.2, 0.25) is 5.02 Å². The summed E-state index contributed by atoms with van der Waals surface area (Å²) in [4.78, 5) is 21.5. The van der Waals surface area contributed by atoms with Gasteiger partial charge in [0, 0.05) is 62.2 Å². The number of pyridine rings is 1. The average molecular weight is 483 g/mol. The van der Waals surface area contributed by atoms with Crippen molar-refractivity contribution in [2.75, 3.05) is 37.6 Å². The van der Waals surface area contributed by atoms with E-state index in [2.05, 4.69) is 25.9 Å². The number of aromatic nitrogens is 3. The Balaban J connectivity index is 0.00000171. The Morgan fingerprint density at radius 1 is 1.03 bits per heavy atom. The zero-order valence-electron chi connectivity index (χ0n) is 17.3. The molecular weight excluding hydrogens is 457 g/mol. The van der Waals surface area contributed by atoms with Crippen LogP contribution in [0.3, 0.4) is 0 Å². The molecule has 6 nitrogen and oxygen atoms in total. The molecule has 1 aromatic carbocycles. The summed E-state index contributed by atoms with van der Waals surface area (Å²) in [5.74, 6) is 0.139. The van der Waals surface area contributed by atoms with E-state index in [0.29, 0.717) is 12.0 Å². The van der Waals surface area contributed by atoms with Gasteiger partial charge in [0.15, 0.2) is 5.78 Å². The topological polar surface area (TPSA) is 54.3 Å². The maximum atomic E-state index is 12.8. The summed E-state index contributed by atoms with van der Waals surface area (Å²) >= 11 is 6.10. The SMILES string of the molecule is Cc1c(C(=O)CCN2CCN(c3cccc(Cl)c3)CC2)cnn1-c1ccncc1.Cl.Cl. The third-order valence-corrected chi connectivity index (χ3v) is 5.65. The standard InChI is InChI=1S/C22H24ClN5O.2ClH/c1-17-21(16-25-28(17)19-5-8-24-9-6-19)22(29)7-10-26-11-13-27(14-12-26)20-4-2-3-18(23)15-20;;/h2-6,8-9,15-16H,7,10-14H2,1H3;2*1H. The minimum Gasteiger partial charge on any atom is -0.369 e. The summed E-state index contributed by atoms with van der Waals surface area (Å²) in [5.41, 5.74) is 3.63. The van der Waals surface area contributed by atoms with Gasteiger partial charge in [-0.25, -0.2) is 4.68 Å². The minimum atomic E-state index is 0. The summed E-state index contributed by atoms with van der Waals surface area (Å²) in [7, 11) is 0. The van der Waals surface area contributed by atoms with Crippen molar-refractivity contribution in [1.82, 2.24) is 19.7 Å². The van der Waals surface area contributed by atoms with Gasteiger partial charge >= 0.3 is 0 Å². The van der Waals surface area contributed by atoms with Gasteiger partial charge in [0.05, 0.1) is 23.1 Å². The highest BCUT2D eigenvalue weighted by atomic mass is 35.5. The molecule has 31 heavy (non-hydrogen) atoms. The maximum Gasteiger partial charge on any atom is 0.167 e. The molecule has 0 amide bonds. The number of anilines is 1. The Bertz CT molecular complexity index is 988. The summed E-state index contributed by atoms with van der Waals surface area (Å²) < 4.78 is 1.79. The lowest BCUT2D eigenvalue weighted by molar-refractivity contribution is 0.0962. The molecular formula is C22H26Cl3N5O. The summed E-state index contributed by atoms with van der Waals surface area (Å²) in [5, 5.41) is 5.15. The molecule has 0 N–H and O–H groups in total. The number of hydrogen-bond donors (Lipinski definition) is 0. The van der Waals surface area contributed by atoms with E-state index < -0.39 is 0 Å². The molecule has 1 fully saturated rings. The second-order valence-corrected chi connectivity index (χ2v) is 7.68. The molecule has 0 unspecified atom stereocenters. The van der Waals surface area contributed by atoms with Crippen molar-refractivity contribution < 1.29 is 4.79 Å². The number of benzene rings is 1. The first-order valence-corrected chi connectivity index (χ1v) is 10.2. The Morgan fingerprint density at radius 3 is 2.42 bits per heavy atom. The molecule has 4 rings (SSSR count). The van der Waals surface area contributed by atoms with Crippen LogP contribution in [0.25, 0.3) is 5.69 Å². The first-order chi connectivity index (χ1) is 14.1. The lowest BCUT2D eigenvalue weighted by Crippen LogP contribution is -2.46. The second kappa shape index (κ2) is 11.5. The van der Waals surface area contributed by atoms with Crippen molar-refractivity contribution in [3.8, 4) is 5.69 Å². The average Bonchev–Trinajstić information content (AvgIpc) is 3.14. The highest BCUT2D eigenvalue weighted by Gasteiger charge is 2.20. The van der Waals surface area contributed by atoms with E-state index in [-0.39, 0.29) is 30.6 Å². The lowest BCUT2D eigenvalue weighted by Gasteiger charge is -2.36. The largest absolute Gasteiger partial charge is 0.369 e. The summed E-state index contributed by atoms with van der Waals surface area (Å²) in [6, 6.07) is 11.7. The molecule has 1 saturated heterocycles. The number of halogens is 3. The monoisotopic (exact) mass is 481 g/mol. The smallest absolute Gasteiger partial charge is 0.167 e. The fraction of sp³-hybridized carbons (Fsp3) is 0.318. The highest BCUT2D eigenvalue weighted by Crippen LogP contribution is 2.21. The predicted octanol–water partition coefficient (Wildman–Crippen LogP) is 4.47. The molecule has 9 heteroatoms. The molecule has 166 valence electrons. The van der Waals surface area contributed by atoms with Gasteiger partial charge in [-0.2, -0.15) is 5.10 Å². The Hall–Kier alpha value is -2.12. The fourth-order valence-electron chi connectivity index (χ4n) is 3.73. The molecule has 3 aromatic rings. The summed E-state index contributed by atoms with van der Waals surface area (Å²) in [6.45, 7) is 6.46. The van der Waals surface area contributed by atoms with E-state index in [1.165, 1.54) is 0 Å². The van der Waals surface area contributed by atoms with E-state index >= 15 is 0 Å². The number of ketones is 1. The molecule has 0 radical (unpaired) electrons. The number of rotatable bonds is 6. The molecule has 0 aliphatic carbocycles. The Kier molecular flexibility index (Phi) is 9.32. The number of piperazine rings is 1. The highest BCUT2D eigenvalue weighted by molar-refractivity contribution is 6.30. The van der Waals surface area contributed by atoms with E-state index in [0.717, 1.165) is 54.8 Å². The predicted molar refractivity (Wildman–Crippen MR) is 130 cm³/mol. The second-order valence-electron chi connectivity index (χ2n) is 7.24. The Morgan fingerprint density at radius 2 is 1.74 bits per heavy atom. The number of nitrogens with zero attached hydrogens (tertiary/aromatic N) is 5. The first kappa shape index (κ1) is 25.1. The number of carbonyl (C=O) groups excluding carboxylic acids is 1. The van der Waals surface area contributed by atoms with Crippen LogP contribution in [-0.2, 0) is 0 Å². The van der Waals surface area contributed by atoms with Crippen molar-refractivity contribution in [2.24, 2.45) is 0 Å². The molecule has 2 aromatic heterocycles. The van der Waals surface area contributed by atoms with Gasteiger partial charge in [-0.05, 0) is 37.3 Å². The van der Waals surface area contributed by atoms with Gasteiger partial charge in [-0.3, -0.25) is 14.7 Å². The quantitative estimate of drug-likeness (QED) is 0.485. The van der Waals surface area contributed by atoms with Gasteiger partial charge in [0.1, 0.15) is 0 Å². The van der Waals surface area contributed by atoms with Gasteiger partial charge in [0.25, 0.3) is 0 Å². The number of Topliss-reactive ketones (excluding diaryl/α,β-unsaturated/α-hetero) is 1. The zero-order valence-corrected chi connectivity index (χ0v) is 19.7. The van der Waals surface area contributed by atoms with Gasteiger partial charge < -0.3 is 4.90 Å². The molecule has 0 atom stereocenters. The van der Waals surface area contributed by atoms with Gasteiger partial charge in [-0.15, -0.1) is 24.8 Å². The van der Waals surface area contributed by atoms with E-state index in [9.17, 15) is 4.79 Å². The molecule has 1 aliphatic heterocycles. The van der Waals surface area contributed by atoms with Crippen LogP contribution in [-0.4, -0.2) is 58.2 Å². The first-order valence-electron chi connectivity index (χ1n) is 9.83. The molecule has 1 aliphatic rings. The maximum absolute atomic E-state index is 12.8. The molecule has 0 saturated carbocycles. The lowest BCUT2D eigenvalue weighted by atomic mass is 10.1. The van der Waals surface area contributed by atoms with E-state index in [1.807, 2.05) is 37.3 Å². The number of carbonyl (C=O) groups is 1. The molecule has 0 bridgehead atoms. The van der Waals surface area contributed by atoms with Crippen LogP contribution >= 0.6 is 36.4 Å². The fourth-order valence-corrected chi connectivity index (χ4v) is 3.91. The van der Waals surface area contributed by atoms with Crippen molar-refractivity contribution >= 4 is 47.9 Å².